The summed E-state index contributed by atoms with van der Waals surface area (Å²) < 4.78 is 43.4. The van der Waals surface area contributed by atoms with E-state index in [1.54, 1.807) is 0 Å². The van der Waals surface area contributed by atoms with E-state index in [-0.39, 0.29) is 28.6 Å². The van der Waals surface area contributed by atoms with E-state index in [1.807, 2.05) is 0 Å². The van der Waals surface area contributed by atoms with Crippen molar-refractivity contribution in [3.63, 3.8) is 0 Å². The number of rotatable bonds is 9. The molecule has 1 fully saturated rings. The molecule has 0 amide bonds. The number of hydrogen-bond acceptors (Lipinski definition) is 6. The molecule has 2 rings (SSSR count). The van der Waals surface area contributed by atoms with E-state index in [2.05, 4.69) is 14.7 Å². The van der Waals surface area contributed by atoms with Crippen LogP contribution in [0.25, 0.3) is 0 Å². The lowest BCUT2D eigenvalue weighted by Gasteiger charge is -2.13. The maximum absolute atomic E-state index is 13.5. The van der Waals surface area contributed by atoms with Gasteiger partial charge in [-0.15, -0.1) is 0 Å². The summed E-state index contributed by atoms with van der Waals surface area (Å²) in [5.74, 6) is -4.83. The lowest BCUT2D eigenvalue weighted by molar-refractivity contribution is 0.0138. The Balaban J connectivity index is 2.06. The fourth-order valence-corrected chi connectivity index (χ4v) is 2.95. The first-order chi connectivity index (χ1) is 12.6. The summed E-state index contributed by atoms with van der Waals surface area (Å²) in [6.07, 6.45) is 2.68. The van der Waals surface area contributed by atoms with Crippen LogP contribution in [-0.2, 0) is 5.92 Å². The zero-order chi connectivity index (χ0) is 20.2. The molecule has 1 aromatic rings. The molecule has 0 unspecified atom stereocenters. The number of amidine groups is 2. The van der Waals surface area contributed by atoms with Gasteiger partial charge in [0, 0.05) is 31.1 Å². The zero-order valence-corrected chi connectivity index (χ0v) is 15.5. The second kappa shape index (κ2) is 8.28. The molecule has 0 atom stereocenters. The zero-order valence-electron chi connectivity index (χ0n) is 14.7. The number of nitrogens with one attached hydrogen (secondary N) is 2. The van der Waals surface area contributed by atoms with Crippen molar-refractivity contribution in [3.8, 4) is 0 Å². The molecule has 1 aliphatic carbocycles. The van der Waals surface area contributed by atoms with Crippen molar-refractivity contribution < 1.29 is 13.2 Å². The van der Waals surface area contributed by atoms with E-state index in [1.165, 1.54) is 6.07 Å². The van der Waals surface area contributed by atoms with Crippen LogP contribution in [0.2, 0.25) is 0 Å². The summed E-state index contributed by atoms with van der Waals surface area (Å²) in [5, 5.41) is 13.3. The van der Waals surface area contributed by atoms with Crippen molar-refractivity contribution in [3.05, 3.63) is 29.6 Å². The Morgan fingerprint density at radius 1 is 1.33 bits per heavy atom. The smallest absolute Gasteiger partial charge is 0.273 e. The quantitative estimate of drug-likeness (QED) is 0.246. The molecular formula is C16H22F3N7S. The predicted octanol–water partition coefficient (Wildman–Crippen LogP) is 2.34. The summed E-state index contributed by atoms with van der Waals surface area (Å²) in [6, 6.07) is 2.94. The largest absolute Gasteiger partial charge is 0.382 e. The van der Waals surface area contributed by atoms with Crippen molar-refractivity contribution in [1.29, 1.82) is 5.41 Å². The van der Waals surface area contributed by atoms with Gasteiger partial charge in [-0.3, -0.25) is 15.5 Å². The fourth-order valence-electron chi connectivity index (χ4n) is 2.39. The van der Waals surface area contributed by atoms with Crippen LogP contribution < -0.4 is 21.3 Å². The molecule has 1 aliphatic rings. The average Bonchev–Trinajstić information content (AvgIpc) is 3.34. The van der Waals surface area contributed by atoms with Gasteiger partial charge in [0.25, 0.3) is 5.92 Å². The second-order valence-corrected chi connectivity index (χ2v) is 6.88. The van der Waals surface area contributed by atoms with Gasteiger partial charge in [-0.1, -0.05) is 0 Å². The van der Waals surface area contributed by atoms with Crippen LogP contribution in [0.15, 0.2) is 28.2 Å². The minimum atomic E-state index is -3.37. The molecule has 1 aromatic carbocycles. The Kier molecular flexibility index (Phi) is 6.50. The predicted molar refractivity (Wildman–Crippen MR) is 103 cm³/mol. The van der Waals surface area contributed by atoms with Gasteiger partial charge in [0.2, 0.25) is 0 Å². The molecule has 0 aromatic heterocycles. The molecule has 0 heterocycles. The summed E-state index contributed by atoms with van der Waals surface area (Å²) in [5.41, 5.74) is 10.3. The van der Waals surface area contributed by atoms with E-state index in [0.29, 0.717) is 19.9 Å². The van der Waals surface area contributed by atoms with Crippen LogP contribution >= 0.6 is 12.1 Å². The number of aliphatic imine (C=N–C) groups is 2. The highest BCUT2D eigenvalue weighted by Gasteiger charge is 2.41. The monoisotopic (exact) mass is 401 g/mol. The van der Waals surface area contributed by atoms with Gasteiger partial charge in [-0.05, 0) is 37.5 Å². The van der Waals surface area contributed by atoms with E-state index in [4.69, 9.17) is 22.0 Å². The van der Waals surface area contributed by atoms with Gasteiger partial charge in [0.05, 0.1) is 11.3 Å². The molecule has 11 heteroatoms. The minimum absolute atomic E-state index is 0.0101. The SMILES string of the molecule is CC(F)(F)c1cc(N=C(N)C(=N)C(N)=NCCC2(NSN)CC2)ccc1F. The molecular weight excluding hydrogens is 379 g/mol. The van der Waals surface area contributed by atoms with E-state index in [0.717, 1.165) is 37.1 Å². The number of alkyl halides is 2. The first-order valence-electron chi connectivity index (χ1n) is 8.12. The van der Waals surface area contributed by atoms with Crippen molar-refractivity contribution in [1.82, 2.24) is 4.72 Å². The van der Waals surface area contributed by atoms with Crippen molar-refractivity contribution in [2.45, 2.75) is 37.6 Å². The summed E-state index contributed by atoms with van der Waals surface area (Å²) in [6.45, 7) is 0.956. The van der Waals surface area contributed by atoms with Crippen molar-refractivity contribution >= 4 is 35.2 Å². The Morgan fingerprint density at radius 3 is 2.56 bits per heavy atom. The Labute approximate surface area is 159 Å². The lowest BCUT2D eigenvalue weighted by Crippen LogP contribution is -2.35. The van der Waals surface area contributed by atoms with Crippen LogP contribution in [-0.4, -0.2) is 29.5 Å². The third-order valence-corrected chi connectivity index (χ3v) is 4.74. The maximum atomic E-state index is 13.5. The number of nitrogens with two attached hydrogens (primary N) is 3. The van der Waals surface area contributed by atoms with Crippen LogP contribution in [0, 0.1) is 11.2 Å². The van der Waals surface area contributed by atoms with Crippen molar-refractivity contribution in [2.24, 2.45) is 26.6 Å². The molecule has 148 valence electrons. The molecule has 0 saturated heterocycles. The highest BCUT2D eigenvalue weighted by Crippen LogP contribution is 2.39. The van der Waals surface area contributed by atoms with Gasteiger partial charge >= 0.3 is 0 Å². The van der Waals surface area contributed by atoms with Crippen LogP contribution in [0.3, 0.4) is 0 Å². The molecule has 1 saturated carbocycles. The molecule has 0 aliphatic heterocycles. The Hall–Kier alpha value is -2.11. The number of nitrogens with zero attached hydrogens (tertiary/aromatic N) is 2. The summed E-state index contributed by atoms with van der Waals surface area (Å²) in [4.78, 5) is 7.97. The van der Waals surface area contributed by atoms with Gasteiger partial charge in [0.1, 0.15) is 17.4 Å². The first kappa shape index (κ1) is 21.2. The van der Waals surface area contributed by atoms with E-state index >= 15 is 0 Å². The van der Waals surface area contributed by atoms with Crippen LogP contribution in [0.4, 0.5) is 18.9 Å². The Bertz CT molecular complexity index is 770. The van der Waals surface area contributed by atoms with Gasteiger partial charge in [0.15, 0.2) is 5.84 Å². The van der Waals surface area contributed by atoms with E-state index in [9.17, 15) is 13.2 Å². The molecule has 0 radical (unpaired) electrons. The lowest BCUT2D eigenvalue weighted by atomic mass is 10.1. The fraction of sp³-hybridized carbons (Fsp3) is 0.438. The van der Waals surface area contributed by atoms with Gasteiger partial charge in [-0.2, -0.15) is 0 Å². The normalized spacial score (nSPS) is 17.1. The third kappa shape index (κ3) is 5.68. The second-order valence-electron chi connectivity index (χ2n) is 6.44. The Morgan fingerprint density at radius 2 is 2.00 bits per heavy atom. The molecule has 0 bridgehead atoms. The maximum Gasteiger partial charge on any atom is 0.273 e. The minimum Gasteiger partial charge on any atom is -0.382 e. The van der Waals surface area contributed by atoms with Gasteiger partial charge in [-0.25, -0.2) is 22.9 Å². The van der Waals surface area contributed by atoms with E-state index < -0.39 is 17.3 Å². The first-order valence-corrected chi connectivity index (χ1v) is 9.00. The average molecular weight is 401 g/mol. The third-order valence-electron chi connectivity index (χ3n) is 4.19. The highest BCUT2D eigenvalue weighted by atomic mass is 32.2. The summed E-state index contributed by atoms with van der Waals surface area (Å²) in [7, 11) is 0. The number of halogens is 3. The standard InChI is InChI=1S/C16H22F3N7S/c1-15(18,19)10-8-9(2-3-11(10)17)25-14(22)12(20)13(21)24-7-6-16(4-5-16)26-27-23/h2-3,8,20,26H,4-7,23H2,1H3,(H2,21,24)(H2,22,25). The molecule has 8 N–H and O–H groups in total. The van der Waals surface area contributed by atoms with Crippen molar-refractivity contribution in [2.75, 3.05) is 6.54 Å². The molecule has 27 heavy (non-hydrogen) atoms. The van der Waals surface area contributed by atoms with Crippen LogP contribution in [0.1, 0.15) is 31.7 Å². The van der Waals surface area contributed by atoms with Crippen LogP contribution in [0.5, 0.6) is 0 Å². The number of benzene rings is 1. The van der Waals surface area contributed by atoms with Gasteiger partial charge < -0.3 is 11.5 Å². The topological polar surface area (TPSA) is 139 Å². The highest BCUT2D eigenvalue weighted by molar-refractivity contribution is 7.95. The summed E-state index contributed by atoms with van der Waals surface area (Å²) >= 11 is 1.05. The number of hydrogen-bond donors (Lipinski definition) is 5. The molecule has 0 spiro atoms. The molecule has 7 nitrogen and oxygen atoms in total.